The largest absolute Gasteiger partial charge is 0.367 e. The third-order valence-corrected chi connectivity index (χ3v) is 2.71. The predicted octanol–water partition coefficient (Wildman–Crippen LogP) is 0.537. The summed E-state index contributed by atoms with van der Waals surface area (Å²) in [5.41, 5.74) is 11.0. The third kappa shape index (κ3) is 3.27. The second-order valence-corrected chi connectivity index (χ2v) is 3.98. The Hall–Kier alpha value is -0.610. The van der Waals surface area contributed by atoms with Crippen LogP contribution in [0.1, 0.15) is 39.0 Å². The van der Waals surface area contributed by atoms with Crippen molar-refractivity contribution in [3.8, 4) is 0 Å². The molecule has 0 saturated heterocycles. The average molecular weight is 200 g/mol. The van der Waals surface area contributed by atoms with Crippen LogP contribution in [0.4, 0.5) is 0 Å². The molecular formula is C10H20N2O2. The maximum Gasteiger partial charge on any atom is 0.246 e. The second-order valence-electron chi connectivity index (χ2n) is 3.98. The first kappa shape index (κ1) is 11.5. The average Bonchev–Trinajstić information content (AvgIpc) is 2.14. The first-order chi connectivity index (χ1) is 6.63. The molecule has 0 radical (unpaired) electrons. The van der Waals surface area contributed by atoms with Gasteiger partial charge in [0.25, 0.3) is 0 Å². The molecule has 0 bridgehead atoms. The van der Waals surface area contributed by atoms with E-state index in [1.165, 1.54) is 0 Å². The highest BCUT2D eigenvalue weighted by Gasteiger charge is 2.24. The minimum Gasteiger partial charge on any atom is -0.367 e. The fourth-order valence-electron chi connectivity index (χ4n) is 1.90. The molecule has 3 unspecified atom stereocenters. The van der Waals surface area contributed by atoms with E-state index >= 15 is 0 Å². The zero-order valence-electron chi connectivity index (χ0n) is 8.74. The lowest BCUT2D eigenvalue weighted by molar-refractivity contribution is -0.135. The van der Waals surface area contributed by atoms with Crippen molar-refractivity contribution in [2.45, 2.75) is 57.3 Å². The third-order valence-electron chi connectivity index (χ3n) is 2.71. The van der Waals surface area contributed by atoms with Crippen molar-refractivity contribution in [2.75, 3.05) is 0 Å². The maximum absolute atomic E-state index is 11.0. The Bertz CT molecular complexity index is 197. The maximum atomic E-state index is 11.0. The van der Waals surface area contributed by atoms with E-state index in [1.807, 2.05) is 6.92 Å². The summed E-state index contributed by atoms with van der Waals surface area (Å²) in [7, 11) is 0. The molecule has 0 aliphatic heterocycles. The van der Waals surface area contributed by atoms with Crippen molar-refractivity contribution >= 4 is 5.91 Å². The zero-order valence-corrected chi connectivity index (χ0v) is 8.74. The van der Waals surface area contributed by atoms with Crippen molar-refractivity contribution in [1.82, 2.24) is 0 Å². The van der Waals surface area contributed by atoms with E-state index < -0.39 is 6.10 Å². The van der Waals surface area contributed by atoms with Crippen molar-refractivity contribution in [3.05, 3.63) is 0 Å². The van der Waals surface area contributed by atoms with E-state index in [4.69, 9.17) is 16.2 Å². The van der Waals surface area contributed by atoms with Gasteiger partial charge >= 0.3 is 0 Å². The molecule has 1 amide bonds. The molecule has 1 saturated carbocycles. The highest BCUT2D eigenvalue weighted by Crippen LogP contribution is 2.21. The number of carbonyl (C=O) groups excluding carboxylic acids is 1. The van der Waals surface area contributed by atoms with Crippen molar-refractivity contribution < 1.29 is 9.53 Å². The van der Waals surface area contributed by atoms with Crippen LogP contribution in [0.15, 0.2) is 0 Å². The highest BCUT2D eigenvalue weighted by atomic mass is 16.5. The van der Waals surface area contributed by atoms with Crippen LogP contribution in [0.5, 0.6) is 0 Å². The van der Waals surface area contributed by atoms with Gasteiger partial charge in [0.05, 0.1) is 6.10 Å². The van der Waals surface area contributed by atoms with Gasteiger partial charge in [-0.15, -0.1) is 0 Å². The minimum atomic E-state index is -0.440. The molecule has 4 heteroatoms. The van der Waals surface area contributed by atoms with E-state index in [2.05, 4.69) is 0 Å². The number of amides is 1. The minimum absolute atomic E-state index is 0.121. The van der Waals surface area contributed by atoms with E-state index in [1.54, 1.807) is 0 Å². The summed E-state index contributed by atoms with van der Waals surface area (Å²) >= 11 is 0. The molecule has 1 rings (SSSR count). The molecule has 0 heterocycles. The van der Waals surface area contributed by atoms with Crippen LogP contribution in [0.3, 0.4) is 0 Å². The molecule has 3 atom stereocenters. The molecule has 1 aliphatic carbocycles. The van der Waals surface area contributed by atoms with Crippen LogP contribution >= 0.6 is 0 Å². The van der Waals surface area contributed by atoms with Crippen LogP contribution < -0.4 is 11.5 Å². The molecule has 14 heavy (non-hydrogen) atoms. The van der Waals surface area contributed by atoms with Crippen LogP contribution in [0.2, 0.25) is 0 Å². The van der Waals surface area contributed by atoms with Crippen molar-refractivity contribution in [2.24, 2.45) is 11.5 Å². The van der Waals surface area contributed by atoms with Gasteiger partial charge in [-0.25, -0.2) is 0 Å². The van der Waals surface area contributed by atoms with Crippen LogP contribution in [-0.4, -0.2) is 24.2 Å². The molecular weight excluding hydrogens is 180 g/mol. The Morgan fingerprint density at radius 2 is 2.29 bits per heavy atom. The molecule has 4 N–H and O–H groups in total. The summed E-state index contributed by atoms with van der Waals surface area (Å²) in [6.45, 7) is 1.90. The Kier molecular flexibility index (Phi) is 4.35. The van der Waals surface area contributed by atoms with Gasteiger partial charge in [0, 0.05) is 6.04 Å². The molecule has 1 aliphatic rings. The molecule has 0 aromatic carbocycles. The molecule has 0 spiro atoms. The van der Waals surface area contributed by atoms with Gasteiger partial charge < -0.3 is 16.2 Å². The first-order valence-electron chi connectivity index (χ1n) is 5.33. The standard InChI is InChI=1S/C10H20N2O2/c1-2-9(10(12)13)14-8-5-3-4-7(11)6-8/h7-9H,2-6,11H2,1H3,(H2,12,13). The Labute approximate surface area is 85.0 Å². The van der Waals surface area contributed by atoms with Crippen LogP contribution in [-0.2, 0) is 9.53 Å². The quantitative estimate of drug-likeness (QED) is 0.695. The summed E-state index contributed by atoms with van der Waals surface area (Å²) in [4.78, 5) is 11.0. The van der Waals surface area contributed by atoms with Gasteiger partial charge in [0.15, 0.2) is 0 Å². The topological polar surface area (TPSA) is 78.3 Å². The number of nitrogens with two attached hydrogens (primary N) is 2. The number of carbonyl (C=O) groups is 1. The molecule has 0 aromatic heterocycles. The van der Waals surface area contributed by atoms with Crippen LogP contribution in [0.25, 0.3) is 0 Å². The summed E-state index contributed by atoms with van der Waals surface area (Å²) in [6.07, 6.45) is 4.32. The molecule has 4 nitrogen and oxygen atoms in total. The predicted molar refractivity (Wildman–Crippen MR) is 54.6 cm³/mol. The number of rotatable bonds is 4. The van der Waals surface area contributed by atoms with Crippen molar-refractivity contribution in [3.63, 3.8) is 0 Å². The first-order valence-corrected chi connectivity index (χ1v) is 5.33. The van der Waals surface area contributed by atoms with Gasteiger partial charge in [0.1, 0.15) is 6.10 Å². The summed E-state index contributed by atoms with van der Waals surface area (Å²) < 4.78 is 5.62. The summed E-state index contributed by atoms with van der Waals surface area (Å²) in [5.74, 6) is -0.369. The van der Waals surface area contributed by atoms with Gasteiger partial charge in [-0.1, -0.05) is 6.92 Å². The zero-order chi connectivity index (χ0) is 10.6. The van der Waals surface area contributed by atoms with E-state index in [9.17, 15) is 4.79 Å². The smallest absolute Gasteiger partial charge is 0.246 e. The summed E-state index contributed by atoms with van der Waals surface area (Å²) in [6, 6.07) is 0.221. The normalized spacial score (nSPS) is 29.9. The lowest BCUT2D eigenvalue weighted by atomic mass is 9.93. The monoisotopic (exact) mass is 200 g/mol. The van der Waals surface area contributed by atoms with E-state index in [0.717, 1.165) is 25.7 Å². The number of hydrogen-bond donors (Lipinski definition) is 2. The Morgan fingerprint density at radius 1 is 1.57 bits per heavy atom. The van der Waals surface area contributed by atoms with E-state index in [-0.39, 0.29) is 18.1 Å². The van der Waals surface area contributed by atoms with E-state index in [0.29, 0.717) is 6.42 Å². The highest BCUT2D eigenvalue weighted by molar-refractivity contribution is 5.78. The SMILES string of the molecule is CCC(OC1CCCC(N)C1)C(N)=O. The fraction of sp³-hybridized carbons (Fsp3) is 0.900. The number of primary amides is 1. The second kappa shape index (κ2) is 5.32. The van der Waals surface area contributed by atoms with Gasteiger partial charge in [-0.05, 0) is 32.1 Å². The fourth-order valence-corrected chi connectivity index (χ4v) is 1.90. The molecule has 82 valence electrons. The van der Waals surface area contributed by atoms with Gasteiger partial charge in [0.2, 0.25) is 5.91 Å². The van der Waals surface area contributed by atoms with Crippen molar-refractivity contribution in [1.29, 1.82) is 0 Å². The molecule has 0 aromatic rings. The Balaban J connectivity index is 2.37. The Morgan fingerprint density at radius 3 is 2.79 bits per heavy atom. The number of ether oxygens (including phenoxy) is 1. The van der Waals surface area contributed by atoms with Gasteiger partial charge in [-0.2, -0.15) is 0 Å². The van der Waals surface area contributed by atoms with Crippen LogP contribution in [0, 0.1) is 0 Å². The van der Waals surface area contributed by atoms with Gasteiger partial charge in [-0.3, -0.25) is 4.79 Å². The summed E-state index contributed by atoms with van der Waals surface area (Å²) in [5, 5.41) is 0. The number of hydrogen-bond acceptors (Lipinski definition) is 3. The lowest BCUT2D eigenvalue weighted by Gasteiger charge is -2.29. The lowest BCUT2D eigenvalue weighted by Crippen LogP contribution is -2.38. The molecule has 1 fully saturated rings.